The number of carbonyl (C=O) groups excluding carboxylic acids is 1. The number of hydrogen-bond donors (Lipinski definition) is 0. The Morgan fingerprint density at radius 1 is 1.37 bits per heavy atom. The van der Waals surface area contributed by atoms with Gasteiger partial charge in [-0.2, -0.15) is 0 Å². The summed E-state index contributed by atoms with van der Waals surface area (Å²) in [7, 11) is 1.28. The number of thioether (sulfide) groups is 1. The van der Waals surface area contributed by atoms with E-state index in [1.807, 2.05) is 36.6 Å². The fourth-order valence-corrected chi connectivity index (χ4v) is 3.87. The summed E-state index contributed by atoms with van der Waals surface area (Å²) in [5.41, 5.74) is 9.40. The van der Waals surface area contributed by atoms with Crippen molar-refractivity contribution in [1.82, 2.24) is 0 Å². The molecule has 0 saturated carbocycles. The molecule has 6 atom stereocenters. The molecule has 10 heteroatoms. The van der Waals surface area contributed by atoms with E-state index in [1.165, 1.54) is 18.9 Å². The lowest BCUT2D eigenvalue weighted by atomic mass is 9.97. The van der Waals surface area contributed by atoms with Crippen LogP contribution in [-0.2, 0) is 28.5 Å². The van der Waals surface area contributed by atoms with E-state index in [0.29, 0.717) is 6.61 Å². The second kappa shape index (κ2) is 9.41. The standard InChI is InChI=1S/C17H21N3O6S/c1-22-12(21)9-23-15-13(19-20-18)17(27-2)25-11-8-24-16(26-14(11)15)10-6-4-3-5-7-10/h3-7,11,13-17H,8-9H2,1-2H3/t11?,13?,14-,15-,16?,17+/m1/s1. The topological polar surface area (TPSA) is 112 Å². The maximum absolute atomic E-state index is 11.6. The third-order valence-electron chi connectivity index (χ3n) is 4.42. The number of benzene rings is 1. The number of hydrogen-bond acceptors (Lipinski definition) is 8. The molecule has 0 spiro atoms. The van der Waals surface area contributed by atoms with Gasteiger partial charge in [0, 0.05) is 10.5 Å². The van der Waals surface area contributed by atoms with Gasteiger partial charge in [0.15, 0.2) is 6.29 Å². The van der Waals surface area contributed by atoms with Crippen molar-refractivity contribution in [2.24, 2.45) is 5.11 Å². The van der Waals surface area contributed by atoms with Crippen molar-refractivity contribution in [3.8, 4) is 0 Å². The van der Waals surface area contributed by atoms with E-state index in [0.717, 1.165) is 5.56 Å². The molecule has 2 fully saturated rings. The zero-order valence-electron chi connectivity index (χ0n) is 15.0. The van der Waals surface area contributed by atoms with Crippen LogP contribution in [0, 0.1) is 0 Å². The summed E-state index contributed by atoms with van der Waals surface area (Å²) in [6.45, 7) is 0.0194. The third kappa shape index (κ3) is 4.55. The summed E-state index contributed by atoms with van der Waals surface area (Å²) in [4.78, 5) is 14.5. The summed E-state index contributed by atoms with van der Waals surface area (Å²) >= 11 is 1.40. The van der Waals surface area contributed by atoms with Gasteiger partial charge in [-0.1, -0.05) is 35.4 Å². The van der Waals surface area contributed by atoms with E-state index in [4.69, 9.17) is 24.5 Å². The fraction of sp³-hybridized carbons (Fsp3) is 0.588. The number of carbonyl (C=O) groups is 1. The first-order valence-corrected chi connectivity index (χ1v) is 9.69. The normalized spacial score (nSPS) is 32.8. The molecule has 3 rings (SSSR count). The van der Waals surface area contributed by atoms with Gasteiger partial charge in [-0.05, 0) is 11.8 Å². The van der Waals surface area contributed by atoms with Gasteiger partial charge in [0.25, 0.3) is 0 Å². The average Bonchev–Trinajstić information content (AvgIpc) is 2.72. The second-order valence-corrected chi connectivity index (χ2v) is 6.94. The summed E-state index contributed by atoms with van der Waals surface area (Å²) in [6, 6.07) is 8.82. The molecule has 9 nitrogen and oxygen atoms in total. The number of nitrogens with zero attached hydrogens (tertiary/aromatic N) is 3. The van der Waals surface area contributed by atoms with Crippen LogP contribution in [-0.4, -0.2) is 62.3 Å². The molecule has 1 aromatic rings. The Bertz CT molecular complexity index is 687. The number of azide groups is 1. The molecule has 1 aromatic carbocycles. The number of esters is 1. The first kappa shape index (κ1) is 19.9. The lowest BCUT2D eigenvalue weighted by Gasteiger charge is -2.47. The molecule has 2 heterocycles. The lowest BCUT2D eigenvalue weighted by molar-refractivity contribution is -0.309. The smallest absolute Gasteiger partial charge is 0.331 e. The van der Waals surface area contributed by atoms with E-state index >= 15 is 0 Å². The second-order valence-electron chi connectivity index (χ2n) is 6.00. The third-order valence-corrected chi connectivity index (χ3v) is 5.27. The Balaban J connectivity index is 1.84. The predicted octanol–water partition coefficient (Wildman–Crippen LogP) is 2.43. The van der Waals surface area contributed by atoms with Crippen molar-refractivity contribution in [1.29, 1.82) is 0 Å². The highest BCUT2D eigenvalue weighted by Gasteiger charge is 2.50. The summed E-state index contributed by atoms with van der Waals surface area (Å²) in [5.74, 6) is -0.523. The Morgan fingerprint density at radius 2 is 2.15 bits per heavy atom. The first-order valence-electron chi connectivity index (χ1n) is 8.40. The van der Waals surface area contributed by atoms with Gasteiger partial charge >= 0.3 is 5.97 Å². The fourth-order valence-electron chi connectivity index (χ4n) is 3.13. The minimum absolute atomic E-state index is 0.275. The van der Waals surface area contributed by atoms with Crippen LogP contribution in [0.4, 0.5) is 0 Å². The van der Waals surface area contributed by atoms with Crippen LogP contribution in [0.3, 0.4) is 0 Å². The van der Waals surface area contributed by atoms with Crippen LogP contribution in [0.5, 0.6) is 0 Å². The highest BCUT2D eigenvalue weighted by atomic mass is 32.2. The molecule has 0 radical (unpaired) electrons. The Hall–Kier alpha value is -1.81. The molecular formula is C17H21N3O6S. The van der Waals surface area contributed by atoms with Gasteiger partial charge in [0.05, 0.1) is 19.8 Å². The summed E-state index contributed by atoms with van der Waals surface area (Å²) in [5, 5.41) is 3.85. The zero-order valence-corrected chi connectivity index (χ0v) is 15.8. The number of rotatable bonds is 6. The molecular weight excluding hydrogens is 374 g/mol. The highest BCUT2D eigenvalue weighted by Crippen LogP contribution is 2.38. The first-order chi connectivity index (χ1) is 13.2. The van der Waals surface area contributed by atoms with Gasteiger partial charge in [-0.25, -0.2) is 4.79 Å². The SMILES string of the molecule is COC(=O)CO[C@@H]1C(N=[N+]=[N-])[C@H](SC)OC2COC(c3ccccc3)O[C@H]21. The largest absolute Gasteiger partial charge is 0.467 e. The van der Waals surface area contributed by atoms with E-state index in [2.05, 4.69) is 14.8 Å². The van der Waals surface area contributed by atoms with Crippen molar-refractivity contribution in [3.05, 3.63) is 46.3 Å². The molecule has 3 unspecified atom stereocenters. The predicted molar refractivity (Wildman–Crippen MR) is 96.9 cm³/mol. The Kier molecular flexibility index (Phi) is 6.95. The van der Waals surface area contributed by atoms with Crippen LogP contribution in [0.25, 0.3) is 10.4 Å². The number of methoxy groups -OCH3 is 1. The van der Waals surface area contributed by atoms with Crippen LogP contribution in [0.15, 0.2) is 35.4 Å². The van der Waals surface area contributed by atoms with Crippen molar-refractivity contribution in [2.75, 3.05) is 26.6 Å². The van der Waals surface area contributed by atoms with Crippen molar-refractivity contribution < 1.29 is 28.5 Å². The van der Waals surface area contributed by atoms with E-state index in [1.54, 1.807) is 0 Å². The van der Waals surface area contributed by atoms with Crippen molar-refractivity contribution in [2.45, 2.75) is 36.1 Å². The molecule has 2 saturated heterocycles. The van der Waals surface area contributed by atoms with Crippen molar-refractivity contribution >= 4 is 17.7 Å². The lowest BCUT2D eigenvalue weighted by Crippen LogP contribution is -2.61. The molecule has 2 aliphatic heterocycles. The Labute approximate surface area is 160 Å². The monoisotopic (exact) mass is 395 g/mol. The summed E-state index contributed by atoms with van der Waals surface area (Å²) < 4.78 is 28.3. The van der Waals surface area contributed by atoms with Crippen LogP contribution in [0.1, 0.15) is 11.9 Å². The molecule has 0 N–H and O–H groups in total. The molecule has 27 heavy (non-hydrogen) atoms. The van der Waals surface area contributed by atoms with Gasteiger partial charge in [-0.15, -0.1) is 11.8 Å². The number of ether oxygens (including phenoxy) is 5. The molecule has 146 valence electrons. The van der Waals surface area contributed by atoms with Gasteiger partial charge < -0.3 is 23.7 Å². The van der Waals surface area contributed by atoms with E-state index < -0.39 is 42.0 Å². The quantitative estimate of drug-likeness (QED) is 0.315. The van der Waals surface area contributed by atoms with Gasteiger partial charge in [0.1, 0.15) is 30.3 Å². The van der Waals surface area contributed by atoms with Crippen LogP contribution < -0.4 is 0 Å². The van der Waals surface area contributed by atoms with Crippen LogP contribution in [0.2, 0.25) is 0 Å². The Morgan fingerprint density at radius 3 is 2.81 bits per heavy atom. The minimum Gasteiger partial charge on any atom is -0.467 e. The van der Waals surface area contributed by atoms with Crippen molar-refractivity contribution in [3.63, 3.8) is 0 Å². The van der Waals surface area contributed by atoms with Gasteiger partial charge in [-0.3, -0.25) is 0 Å². The number of fused-ring (bicyclic) bond motifs is 1. The molecule has 2 aliphatic rings. The van der Waals surface area contributed by atoms with E-state index in [-0.39, 0.29) is 6.61 Å². The molecule has 0 amide bonds. The maximum Gasteiger partial charge on any atom is 0.331 e. The van der Waals surface area contributed by atoms with E-state index in [9.17, 15) is 4.79 Å². The summed E-state index contributed by atoms with van der Waals surface area (Å²) in [6.07, 6.45) is -0.397. The maximum atomic E-state index is 11.6. The minimum atomic E-state index is -0.675. The van der Waals surface area contributed by atoms with Gasteiger partial charge in [0.2, 0.25) is 0 Å². The molecule has 0 bridgehead atoms. The molecule has 0 aliphatic carbocycles. The zero-order chi connectivity index (χ0) is 19.2. The molecule has 0 aromatic heterocycles. The average molecular weight is 395 g/mol. The highest BCUT2D eigenvalue weighted by molar-refractivity contribution is 7.99. The van der Waals surface area contributed by atoms with Crippen LogP contribution >= 0.6 is 11.8 Å².